The maximum Gasteiger partial charge on any atom is 0.142 e. The molecule has 2 saturated heterocycles. The van der Waals surface area contributed by atoms with Crippen LogP contribution in [0.4, 0.5) is 0 Å². The summed E-state index contributed by atoms with van der Waals surface area (Å²) in [6.45, 7) is 10.5. The molecule has 0 radical (unpaired) electrons. The number of nitrogens with one attached hydrogen (secondary N) is 1. The van der Waals surface area contributed by atoms with Crippen LogP contribution in [0.1, 0.15) is 47.9 Å². The fraction of sp³-hybridized carbons (Fsp3) is 0.525. The lowest BCUT2D eigenvalue weighted by molar-refractivity contribution is -0.110. The van der Waals surface area contributed by atoms with E-state index in [1.807, 2.05) is 18.2 Å². The summed E-state index contributed by atoms with van der Waals surface area (Å²) in [6, 6.07) is 15.2. The topological polar surface area (TPSA) is 144 Å². The number of rotatable bonds is 19. The van der Waals surface area contributed by atoms with Crippen LogP contribution in [0.2, 0.25) is 5.02 Å². The lowest BCUT2D eigenvalue weighted by Gasteiger charge is -2.19. The molecular weight excluding hydrogens is 686 g/mol. The van der Waals surface area contributed by atoms with Crippen LogP contribution in [-0.2, 0) is 17.9 Å². The van der Waals surface area contributed by atoms with Gasteiger partial charge in [-0.15, -0.1) is 0 Å². The van der Waals surface area contributed by atoms with E-state index in [9.17, 15) is 20.1 Å². The van der Waals surface area contributed by atoms with Crippen LogP contribution in [0.5, 0.6) is 17.2 Å². The minimum Gasteiger partial charge on any atom is -0.493 e. The SMILES string of the molecule is CO.Cc1c(COc2cc(OCCCN3CCC(O)C3)c(CNC(C=O)CO)cc2Cl)cccc1-c1cccc(OCCCN2CCC(O)C2)c1C. The van der Waals surface area contributed by atoms with Gasteiger partial charge < -0.3 is 54.5 Å². The zero-order valence-electron chi connectivity index (χ0n) is 30.7. The van der Waals surface area contributed by atoms with E-state index < -0.39 is 6.04 Å². The predicted molar refractivity (Wildman–Crippen MR) is 203 cm³/mol. The second kappa shape index (κ2) is 21.4. The van der Waals surface area contributed by atoms with Gasteiger partial charge in [0.1, 0.15) is 30.1 Å². The Hall–Kier alpha value is -3.26. The third-order valence-corrected chi connectivity index (χ3v) is 9.98. The van der Waals surface area contributed by atoms with Gasteiger partial charge in [-0.3, -0.25) is 0 Å². The number of benzene rings is 3. The van der Waals surface area contributed by atoms with Gasteiger partial charge in [-0.2, -0.15) is 0 Å². The Morgan fingerprint density at radius 2 is 1.42 bits per heavy atom. The van der Waals surface area contributed by atoms with E-state index in [2.05, 4.69) is 47.2 Å². The van der Waals surface area contributed by atoms with Crippen LogP contribution < -0.4 is 19.5 Å². The lowest BCUT2D eigenvalue weighted by Crippen LogP contribution is -2.33. The van der Waals surface area contributed by atoms with Crippen LogP contribution in [0.25, 0.3) is 11.1 Å². The van der Waals surface area contributed by atoms with Crippen molar-refractivity contribution in [1.82, 2.24) is 15.1 Å². The molecule has 0 amide bonds. The van der Waals surface area contributed by atoms with Gasteiger partial charge in [-0.25, -0.2) is 0 Å². The molecule has 0 aliphatic carbocycles. The van der Waals surface area contributed by atoms with Gasteiger partial charge in [0.25, 0.3) is 0 Å². The Kier molecular flexibility index (Phi) is 17.1. The number of likely N-dealkylation sites (tertiary alicyclic amines) is 2. The summed E-state index contributed by atoms with van der Waals surface area (Å²) >= 11 is 6.73. The molecule has 12 heteroatoms. The molecule has 0 spiro atoms. The summed E-state index contributed by atoms with van der Waals surface area (Å²) in [7, 11) is 1.00. The second-order valence-electron chi connectivity index (χ2n) is 13.4. The first-order valence-electron chi connectivity index (χ1n) is 18.2. The molecule has 3 aromatic carbocycles. The number of halogens is 1. The highest BCUT2D eigenvalue weighted by atomic mass is 35.5. The van der Waals surface area contributed by atoms with Crippen molar-refractivity contribution in [3.8, 4) is 28.4 Å². The summed E-state index contributed by atoms with van der Waals surface area (Å²) in [6.07, 6.45) is 3.55. The van der Waals surface area contributed by atoms with Gasteiger partial charge in [-0.1, -0.05) is 41.9 Å². The van der Waals surface area contributed by atoms with Crippen molar-refractivity contribution in [3.63, 3.8) is 0 Å². The molecule has 0 bridgehead atoms. The average Bonchev–Trinajstić information content (AvgIpc) is 3.77. The van der Waals surface area contributed by atoms with Crippen LogP contribution in [0, 0.1) is 13.8 Å². The van der Waals surface area contributed by atoms with Gasteiger partial charge in [0.2, 0.25) is 0 Å². The molecule has 2 aliphatic rings. The number of ether oxygens (including phenoxy) is 3. The zero-order chi connectivity index (χ0) is 37.5. The van der Waals surface area contributed by atoms with Gasteiger partial charge in [-0.05, 0) is 79.5 Å². The Labute approximate surface area is 313 Å². The van der Waals surface area contributed by atoms with E-state index in [-0.39, 0.29) is 25.4 Å². The third-order valence-electron chi connectivity index (χ3n) is 9.68. The molecule has 11 nitrogen and oxygen atoms in total. The molecule has 286 valence electrons. The number of aliphatic hydroxyl groups excluding tert-OH is 4. The van der Waals surface area contributed by atoms with Crippen LogP contribution >= 0.6 is 11.6 Å². The van der Waals surface area contributed by atoms with Crippen LogP contribution in [0.15, 0.2) is 48.5 Å². The number of β-amino-alcohol motifs (C(OH)–C–C–N with tert-alkyl or cyclic N) is 2. The van der Waals surface area contributed by atoms with Crippen molar-refractivity contribution in [3.05, 3.63) is 75.8 Å². The first-order chi connectivity index (χ1) is 25.2. The maximum absolute atomic E-state index is 11.3. The molecule has 3 atom stereocenters. The highest BCUT2D eigenvalue weighted by Crippen LogP contribution is 2.36. The van der Waals surface area contributed by atoms with E-state index in [1.54, 1.807) is 12.1 Å². The minimum atomic E-state index is -0.694. The molecule has 5 rings (SSSR count). The summed E-state index contributed by atoms with van der Waals surface area (Å²) in [5.41, 5.74) is 6.17. The molecular formula is C40H56ClN3O8. The predicted octanol–water partition coefficient (Wildman–Crippen LogP) is 4.13. The van der Waals surface area contributed by atoms with Gasteiger partial charge >= 0.3 is 0 Å². The van der Waals surface area contributed by atoms with Crippen LogP contribution in [-0.4, -0.2) is 121 Å². The zero-order valence-corrected chi connectivity index (χ0v) is 31.5. The van der Waals surface area contributed by atoms with Crippen molar-refractivity contribution in [1.29, 1.82) is 0 Å². The van der Waals surface area contributed by atoms with Crippen LogP contribution in [0.3, 0.4) is 0 Å². The fourth-order valence-electron chi connectivity index (χ4n) is 6.68. The molecule has 2 aliphatic heterocycles. The molecule has 3 unspecified atom stereocenters. The highest BCUT2D eigenvalue weighted by molar-refractivity contribution is 6.32. The number of carbonyl (C=O) groups excluding carboxylic acids is 1. The standard InChI is InChI=1S/C39H52ClN3O7.CH4O/c1-27-29(7-3-8-34(27)35-9-4-10-37(28(35)2)48-17-5-13-42-15-11-32(46)22-42)26-50-39-20-38(49-18-6-14-43-16-12-33(47)23-43)30(19-36(39)40)21-41-31(24-44)25-45;1-2/h3-4,7-10,19-20,24,31-33,41,45-47H,5-6,11-18,21-23,25-26H2,1-2H3;2H,1H3. The fourth-order valence-corrected chi connectivity index (χ4v) is 6.92. The first kappa shape index (κ1) is 41.5. The third kappa shape index (κ3) is 11.9. The summed E-state index contributed by atoms with van der Waals surface area (Å²) in [5, 5.41) is 39.5. The Morgan fingerprint density at radius 1 is 0.827 bits per heavy atom. The van der Waals surface area contributed by atoms with E-state index in [4.69, 9.17) is 30.9 Å². The first-order valence-corrected chi connectivity index (χ1v) is 18.6. The quantitative estimate of drug-likeness (QED) is 0.0894. The number of carbonyl (C=O) groups is 1. The molecule has 0 saturated carbocycles. The number of hydrogen-bond donors (Lipinski definition) is 5. The lowest BCUT2D eigenvalue weighted by atomic mass is 9.93. The normalized spacial score (nSPS) is 18.2. The van der Waals surface area contributed by atoms with E-state index >= 15 is 0 Å². The molecule has 2 heterocycles. The van der Waals surface area contributed by atoms with Crippen molar-refractivity contribution >= 4 is 17.9 Å². The molecule has 3 aromatic rings. The number of aldehydes is 1. The van der Waals surface area contributed by atoms with E-state index in [1.165, 1.54) is 0 Å². The molecule has 0 aromatic heterocycles. The van der Waals surface area contributed by atoms with Crippen molar-refractivity contribution in [2.75, 3.05) is 66.2 Å². The van der Waals surface area contributed by atoms with E-state index in [0.29, 0.717) is 49.2 Å². The largest absolute Gasteiger partial charge is 0.493 e. The Bertz CT molecular complexity index is 1560. The van der Waals surface area contributed by atoms with Gasteiger partial charge in [0.15, 0.2) is 0 Å². The summed E-state index contributed by atoms with van der Waals surface area (Å²) in [4.78, 5) is 15.8. The van der Waals surface area contributed by atoms with Crippen molar-refractivity contribution in [2.24, 2.45) is 0 Å². The van der Waals surface area contributed by atoms with Crippen molar-refractivity contribution in [2.45, 2.75) is 70.9 Å². The Balaban J connectivity index is 0.00000297. The monoisotopic (exact) mass is 741 g/mol. The smallest absolute Gasteiger partial charge is 0.142 e. The Morgan fingerprint density at radius 3 is 2.00 bits per heavy atom. The number of aliphatic hydroxyl groups is 4. The maximum atomic E-state index is 11.3. The number of hydrogen-bond acceptors (Lipinski definition) is 11. The van der Waals surface area contributed by atoms with Gasteiger partial charge in [0.05, 0.1) is 43.1 Å². The minimum absolute atomic E-state index is 0.204. The summed E-state index contributed by atoms with van der Waals surface area (Å²) < 4.78 is 18.8. The highest BCUT2D eigenvalue weighted by Gasteiger charge is 2.21. The second-order valence-corrected chi connectivity index (χ2v) is 13.8. The summed E-state index contributed by atoms with van der Waals surface area (Å²) in [5.74, 6) is 1.95. The average molecular weight is 742 g/mol. The number of nitrogens with zero attached hydrogens (tertiary/aromatic N) is 2. The van der Waals surface area contributed by atoms with Gasteiger partial charge in [0, 0.05) is 64.6 Å². The molecule has 2 fully saturated rings. The van der Waals surface area contributed by atoms with Crippen molar-refractivity contribution < 1.29 is 39.4 Å². The molecule has 5 N–H and O–H groups in total. The van der Waals surface area contributed by atoms with E-state index in [0.717, 1.165) is 105 Å². The molecule has 52 heavy (non-hydrogen) atoms.